The van der Waals surface area contributed by atoms with E-state index in [2.05, 4.69) is 15.4 Å². The molecule has 1 heterocycles. The number of rotatable bonds is 3. The Bertz CT molecular complexity index is 456. The summed E-state index contributed by atoms with van der Waals surface area (Å²) in [5.74, 6) is 6.26. The number of nitrogens with two attached hydrogens (primary N) is 1. The second-order valence-corrected chi connectivity index (χ2v) is 3.56. The highest BCUT2D eigenvalue weighted by Crippen LogP contribution is 2.20. The summed E-state index contributed by atoms with van der Waals surface area (Å²) in [5, 5.41) is 0. The summed E-state index contributed by atoms with van der Waals surface area (Å²) in [6, 6.07) is 9.67. The predicted molar refractivity (Wildman–Crippen MR) is 62.4 cm³/mol. The van der Waals surface area contributed by atoms with Gasteiger partial charge < -0.3 is 0 Å². The lowest BCUT2D eigenvalue weighted by Crippen LogP contribution is -2.30. The SMILES string of the molecule is Cc1ccccc1C(NN)c1ncccn1. The minimum atomic E-state index is -0.164. The number of aromatic nitrogens is 2. The van der Waals surface area contributed by atoms with Crippen LogP contribution < -0.4 is 11.3 Å². The maximum absolute atomic E-state index is 5.58. The Morgan fingerprint density at radius 2 is 1.81 bits per heavy atom. The van der Waals surface area contributed by atoms with Crippen molar-refractivity contribution in [2.45, 2.75) is 13.0 Å². The molecule has 2 rings (SSSR count). The highest BCUT2D eigenvalue weighted by molar-refractivity contribution is 5.32. The maximum atomic E-state index is 5.58. The zero-order valence-electron chi connectivity index (χ0n) is 9.09. The molecule has 1 atom stereocenters. The van der Waals surface area contributed by atoms with E-state index in [-0.39, 0.29) is 6.04 Å². The van der Waals surface area contributed by atoms with E-state index >= 15 is 0 Å². The van der Waals surface area contributed by atoms with E-state index in [1.165, 1.54) is 0 Å². The molecule has 0 amide bonds. The van der Waals surface area contributed by atoms with Crippen molar-refractivity contribution in [1.82, 2.24) is 15.4 Å². The summed E-state index contributed by atoms with van der Waals surface area (Å²) < 4.78 is 0. The molecule has 4 heteroatoms. The number of nitrogens with one attached hydrogen (secondary N) is 1. The molecule has 0 radical (unpaired) electrons. The van der Waals surface area contributed by atoms with Crippen LogP contribution in [0.1, 0.15) is 23.0 Å². The normalized spacial score (nSPS) is 12.4. The van der Waals surface area contributed by atoms with Gasteiger partial charge in [-0.15, -0.1) is 0 Å². The Labute approximate surface area is 94.5 Å². The summed E-state index contributed by atoms with van der Waals surface area (Å²) in [4.78, 5) is 8.43. The summed E-state index contributed by atoms with van der Waals surface area (Å²) in [6.45, 7) is 2.04. The molecule has 0 fully saturated rings. The van der Waals surface area contributed by atoms with Crippen LogP contribution in [0.4, 0.5) is 0 Å². The first-order valence-electron chi connectivity index (χ1n) is 5.11. The van der Waals surface area contributed by atoms with E-state index in [4.69, 9.17) is 5.84 Å². The average molecular weight is 214 g/mol. The van der Waals surface area contributed by atoms with Gasteiger partial charge in [-0.1, -0.05) is 24.3 Å². The van der Waals surface area contributed by atoms with E-state index in [0.29, 0.717) is 5.82 Å². The highest BCUT2D eigenvalue weighted by atomic mass is 15.2. The molecule has 0 saturated heterocycles. The molecule has 0 saturated carbocycles. The molecule has 82 valence electrons. The molecule has 2 aromatic rings. The van der Waals surface area contributed by atoms with Crippen LogP contribution in [0.3, 0.4) is 0 Å². The van der Waals surface area contributed by atoms with E-state index in [9.17, 15) is 0 Å². The van der Waals surface area contributed by atoms with Crippen LogP contribution in [0.2, 0.25) is 0 Å². The molecule has 0 aliphatic heterocycles. The van der Waals surface area contributed by atoms with Gasteiger partial charge in [0.15, 0.2) is 5.82 Å². The average Bonchev–Trinajstić information content (AvgIpc) is 2.34. The number of hydrogen-bond donors (Lipinski definition) is 2. The Morgan fingerprint density at radius 3 is 2.44 bits per heavy atom. The fraction of sp³-hybridized carbons (Fsp3) is 0.167. The smallest absolute Gasteiger partial charge is 0.150 e. The van der Waals surface area contributed by atoms with Gasteiger partial charge in [-0.3, -0.25) is 5.84 Å². The van der Waals surface area contributed by atoms with E-state index in [0.717, 1.165) is 11.1 Å². The molecule has 1 aromatic carbocycles. The van der Waals surface area contributed by atoms with E-state index < -0.39 is 0 Å². The zero-order chi connectivity index (χ0) is 11.4. The second-order valence-electron chi connectivity index (χ2n) is 3.56. The number of hydrogen-bond acceptors (Lipinski definition) is 4. The molecule has 3 N–H and O–H groups in total. The van der Waals surface area contributed by atoms with Gasteiger partial charge in [0.25, 0.3) is 0 Å². The van der Waals surface area contributed by atoms with Gasteiger partial charge in [0.05, 0.1) is 0 Å². The third kappa shape index (κ3) is 2.08. The topological polar surface area (TPSA) is 63.8 Å². The standard InChI is InChI=1S/C12H14N4/c1-9-5-2-3-6-10(9)11(16-13)12-14-7-4-8-15-12/h2-8,11,16H,13H2,1H3. The van der Waals surface area contributed by atoms with Gasteiger partial charge in [0, 0.05) is 12.4 Å². The van der Waals surface area contributed by atoms with Crippen molar-refractivity contribution in [3.8, 4) is 0 Å². The third-order valence-corrected chi connectivity index (χ3v) is 2.51. The quantitative estimate of drug-likeness (QED) is 0.597. The fourth-order valence-electron chi connectivity index (χ4n) is 1.67. The molecule has 0 aliphatic rings. The molecule has 1 aromatic heterocycles. The van der Waals surface area contributed by atoms with Crippen LogP contribution >= 0.6 is 0 Å². The first-order chi connectivity index (χ1) is 7.83. The summed E-state index contributed by atoms with van der Waals surface area (Å²) >= 11 is 0. The Morgan fingerprint density at radius 1 is 1.12 bits per heavy atom. The van der Waals surface area contributed by atoms with Gasteiger partial charge in [-0.05, 0) is 24.1 Å². The van der Waals surface area contributed by atoms with Gasteiger partial charge in [-0.25, -0.2) is 15.4 Å². The highest BCUT2D eigenvalue weighted by Gasteiger charge is 2.16. The number of nitrogens with zero attached hydrogens (tertiary/aromatic N) is 2. The van der Waals surface area contributed by atoms with Crippen molar-refractivity contribution < 1.29 is 0 Å². The lowest BCUT2D eigenvalue weighted by atomic mass is 10.0. The van der Waals surface area contributed by atoms with E-state index in [1.807, 2.05) is 31.2 Å². The van der Waals surface area contributed by atoms with Crippen molar-refractivity contribution in [3.05, 3.63) is 59.7 Å². The fourth-order valence-corrected chi connectivity index (χ4v) is 1.67. The summed E-state index contributed by atoms with van der Waals surface area (Å²) in [6.07, 6.45) is 3.43. The zero-order valence-corrected chi connectivity index (χ0v) is 9.09. The molecular weight excluding hydrogens is 200 g/mol. The molecule has 0 bridgehead atoms. The molecule has 0 aliphatic carbocycles. The summed E-state index contributed by atoms with van der Waals surface area (Å²) in [5.41, 5.74) is 5.01. The van der Waals surface area contributed by atoms with Crippen molar-refractivity contribution >= 4 is 0 Å². The lowest BCUT2D eigenvalue weighted by Gasteiger charge is -2.16. The van der Waals surface area contributed by atoms with Crippen LogP contribution in [0.5, 0.6) is 0 Å². The predicted octanol–water partition coefficient (Wildman–Crippen LogP) is 1.34. The largest absolute Gasteiger partial charge is 0.270 e. The number of hydrazine groups is 1. The van der Waals surface area contributed by atoms with Crippen LogP contribution in [0.15, 0.2) is 42.7 Å². The Kier molecular flexibility index (Phi) is 3.24. The van der Waals surface area contributed by atoms with Crippen molar-refractivity contribution in [1.29, 1.82) is 0 Å². The lowest BCUT2D eigenvalue weighted by molar-refractivity contribution is 0.598. The Hall–Kier alpha value is -1.78. The van der Waals surface area contributed by atoms with Crippen molar-refractivity contribution in [2.75, 3.05) is 0 Å². The van der Waals surface area contributed by atoms with Crippen LogP contribution in [0, 0.1) is 6.92 Å². The second kappa shape index (κ2) is 4.83. The van der Waals surface area contributed by atoms with Gasteiger partial charge in [0.1, 0.15) is 6.04 Å². The van der Waals surface area contributed by atoms with Crippen molar-refractivity contribution in [2.24, 2.45) is 5.84 Å². The minimum Gasteiger partial charge on any atom is -0.270 e. The van der Waals surface area contributed by atoms with Crippen LogP contribution in [-0.2, 0) is 0 Å². The summed E-state index contributed by atoms with van der Waals surface area (Å²) in [7, 11) is 0. The first-order valence-corrected chi connectivity index (χ1v) is 5.11. The number of benzene rings is 1. The van der Waals surface area contributed by atoms with Gasteiger partial charge >= 0.3 is 0 Å². The van der Waals surface area contributed by atoms with Crippen molar-refractivity contribution in [3.63, 3.8) is 0 Å². The van der Waals surface area contributed by atoms with Gasteiger partial charge in [-0.2, -0.15) is 0 Å². The maximum Gasteiger partial charge on any atom is 0.150 e. The minimum absolute atomic E-state index is 0.164. The third-order valence-electron chi connectivity index (χ3n) is 2.51. The molecule has 4 nitrogen and oxygen atoms in total. The molecular formula is C12H14N4. The molecule has 1 unspecified atom stereocenters. The first kappa shape index (κ1) is 10.7. The monoisotopic (exact) mass is 214 g/mol. The molecule has 0 spiro atoms. The van der Waals surface area contributed by atoms with Crippen LogP contribution in [-0.4, -0.2) is 9.97 Å². The number of aryl methyl sites for hydroxylation is 1. The molecule has 16 heavy (non-hydrogen) atoms. The van der Waals surface area contributed by atoms with Gasteiger partial charge in [0.2, 0.25) is 0 Å². The Balaban J connectivity index is 2.41. The van der Waals surface area contributed by atoms with E-state index in [1.54, 1.807) is 18.5 Å². The van der Waals surface area contributed by atoms with Crippen LogP contribution in [0.25, 0.3) is 0 Å².